The Bertz CT molecular complexity index is 1190. The summed E-state index contributed by atoms with van der Waals surface area (Å²) >= 11 is 2.92. The number of nitriles is 1. The number of fused-ring (bicyclic) bond motifs is 2. The van der Waals surface area contributed by atoms with Crippen molar-refractivity contribution < 1.29 is 9.59 Å². The van der Waals surface area contributed by atoms with E-state index in [0.717, 1.165) is 16.8 Å². The third kappa shape index (κ3) is 2.76. The van der Waals surface area contributed by atoms with Crippen LogP contribution in [0.3, 0.4) is 0 Å². The number of carbonyl (C=O) groups excluding carboxylic acids is 2. The SMILES string of the molecule is N#Cc1cccc(CN2C(=O)[C@]3(SCCN3C(=O)c3cccs3)c3ccccc32)c1. The van der Waals surface area contributed by atoms with Crippen LogP contribution in [0, 0.1) is 11.3 Å². The summed E-state index contributed by atoms with van der Waals surface area (Å²) in [6.45, 7) is 0.883. The van der Waals surface area contributed by atoms with Gasteiger partial charge in [-0.25, -0.2) is 0 Å². The molecule has 2 aromatic carbocycles. The number of thioether (sulfide) groups is 1. The third-order valence-corrected chi connectivity index (χ3v) is 7.75. The molecule has 1 atom stereocenters. The fourth-order valence-corrected chi connectivity index (χ4v) is 6.31. The van der Waals surface area contributed by atoms with Crippen LogP contribution in [0.1, 0.15) is 26.4 Å². The van der Waals surface area contributed by atoms with Gasteiger partial charge in [-0.05, 0) is 35.2 Å². The van der Waals surface area contributed by atoms with E-state index >= 15 is 0 Å². The fourth-order valence-electron chi connectivity index (χ4n) is 4.18. The standard InChI is InChI=1S/C23H17N3O2S2/c24-14-16-5-3-6-17(13-16)15-25-19-8-2-1-7-18(19)23(22(25)28)26(10-12-30-23)21(27)20-9-4-11-29-20/h1-9,11,13H,10,12,15H2/t23-/m1/s1. The minimum absolute atomic E-state index is 0.0986. The molecule has 0 N–H and O–H groups in total. The number of anilines is 1. The molecule has 5 nitrogen and oxygen atoms in total. The fraction of sp³-hybridized carbons (Fsp3) is 0.174. The first-order chi connectivity index (χ1) is 14.6. The molecule has 30 heavy (non-hydrogen) atoms. The number of rotatable bonds is 3. The van der Waals surface area contributed by atoms with E-state index < -0.39 is 4.87 Å². The normalized spacial score (nSPS) is 19.9. The smallest absolute Gasteiger partial charge is 0.268 e. The molecule has 5 rings (SSSR count). The van der Waals surface area contributed by atoms with Crippen molar-refractivity contribution >= 4 is 40.6 Å². The lowest BCUT2D eigenvalue weighted by Gasteiger charge is -2.33. The Labute approximate surface area is 182 Å². The maximum absolute atomic E-state index is 13.9. The number of hydrogen-bond acceptors (Lipinski definition) is 5. The number of hydrogen-bond donors (Lipinski definition) is 0. The van der Waals surface area contributed by atoms with Gasteiger partial charge in [0.05, 0.1) is 28.7 Å². The topological polar surface area (TPSA) is 64.4 Å². The second-order valence-corrected chi connectivity index (χ2v) is 9.38. The van der Waals surface area contributed by atoms with Crippen LogP contribution in [-0.4, -0.2) is 29.0 Å². The Balaban J connectivity index is 1.58. The Morgan fingerprint density at radius 2 is 2.00 bits per heavy atom. The van der Waals surface area contributed by atoms with Crippen molar-refractivity contribution in [2.75, 3.05) is 17.2 Å². The predicted molar refractivity (Wildman–Crippen MR) is 118 cm³/mol. The highest BCUT2D eigenvalue weighted by Gasteiger charge is 2.59. The quantitative estimate of drug-likeness (QED) is 0.623. The Morgan fingerprint density at radius 1 is 1.13 bits per heavy atom. The number of nitrogens with zero attached hydrogens (tertiary/aromatic N) is 3. The van der Waals surface area contributed by atoms with E-state index in [-0.39, 0.29) is 11.8 Å². The van der Waals surface area contributed by atoms with Gasteiger partial charge >= 0.3 is 0 Å². The molecule has 0 bridgehead atoms. The van der Waals surface area contributed by atoms with E-state index in [0.29, 0.717) is 29.3 Å². The average Bonchev–Trinajstić information content (AvgIpc) is 3.51. The van der Waals surface area contributed by atoms with Gasteiger partial charge in [-0.1, -0.05) is 36.4 Å². The molecule has 3 heterocycles. The number of amides is 2. The van der Waals surface area contributed by atoms with Crippen molar-refractivity contribution in [2.24, 2.45) is 0 Å². The van der Waals surface area contributed by atoms with Gasteiger partial charge in [0.2, 0.25) is 0 Å². The van der Waals surface area contributed by atoms with Crippen LogP contribution in [0.2, 0.25) is 0 Å². The zero-order valence-electron chi connectivity index (χ0n) is 15.9. The summed E-state index contributed by atoms with van der Waals surface area (Å²) < 4.78 is 0. The van der Waals surface area contributed by atoms with E-state index in [2.05, 4.69) is 6.07 Å². The van der Waals surface area contributed by atoms with Gasteiger partial charge in [-0.2, -0.15) is 5.26 Å². The van der Waals surface area contributed by atoms with Gasteiger partial charge in [0, 0.05) is 17.9 Å². The van der Waals surface area contributed by atoms with E-state index in [9.17, 15) is 14.9 Å². The van der Waals surface area contributed by atoms with Crippen LogP contribution in [0.15, 0.2) is 66.0 Å². The molecule has 1 fully saturated rings. The monoisotopic (exact) mass is 431 g/mol. The van der Waals surface area contributed by atoms with E-state index in [1.165, 1.54) is 23.1 Å². The van der Waals surface area contributed by atoms with Gasteiger partial charge in [0.15, 0.2) is 4.87 Å². The minimum atomic E-state index is -1.04. The zero-order valence-corrected chi connectivity index (χ0v) is 17.6. The van der Waals surface area contributed by atoms with Crippen LogP contribution in [-0.2, 0) is 16.2 Å². The van der Waals surface area contributed by atoms with Crippen LogP contribution >= 0.6 is 23.1 Å². The first kappa shape index (κ1) is 18.9. The largest absolute Gasteiger partial charge is 0.310 e. The molecule has 148 valence electrons. The number of carbonyl (C=O) groups is 2. The van der Waals surface area contributed by atoms with Crippen molar-refractivity contribution in [3.05, 3.63) is 87.6 Å². The molecule has 0 unspecified atom stereocenters. The number of thiophene rings is 1. The van der Waals surface area contributed by atoms with Crippen molar-refractivity contribution in [3.63, 3.8) is 0 Å². The summed E-state index contributed by atoms with van der Waals surface area (Å²) in [7, 11) is 0. The zero-order chi connectivity index (χ0) is 20.7. The summed E-state index contributed by atoms with van der Waals surface area (Å²) in [4.78, 5) is 30.3. The highest BCUT2D eigenvalue weighted by Crippen LogP contribution is 2.54. The lowest BCUT2D eigenvalue weighted by molar-refractivity contribution is -0.123. The van der Waals surface area contributed by atoms with Crippen molar-refractivity contribution in [1.29, 1.82) is 5.26 Å². The van der Waals surface area contributed by atoms with Crippen LogP contribution in [0.5, 0.6) is 0 Å². The number of benzene rings is 2. The summed E-state index contributed by atoms with van der Waals surface area (Å²) in [5, 5.41) is 11.1. The molecule has 1 saturated heterocycles. The van der Waals surface area contributed by atoms with Crippen molar-refractivity contribution in [3.8, 4) is 6.07 Å². The molecule has 3 aromatic rings. The second kappa shape index (κ2) is 7.31. The lowest BCUT2D eigenvalue weighted by Crippen LogP contribution is -2.50. The summed E-state index contributed by atoms with van der Waals surface area (Å²) in [6.07, 6.45) is 0. The van der Waals surface area contributed by atoms with Gasteiger partial charge in [-0.15, -0.1) is 23.1 Å². The average molecular weight is 432 g/mol. The Hall–Kier alpha value is -3.08. The molecular formula is C23H17N3O2S2. The highest BCUT2D eigenvalue weighted by molar-refractivity contribution is 8.01. The molecule has 2 aliphatic rings. The molecule has 2 aliphatic heterocycles. The minimum Gasteiger partial charge on any atom is -0.310 e. The van der Waals surface area contributed by atoms with E-state index in [1.54, 1.807) is 28.0 Å². The molecule has 7 heteroatoms. The van der Waals surface area contributed by atoms with Crippen LogP contribution in [0.25, 0.3) is 0 Å². The Kier molecular flexibility index (Phi) is 4.61. The predicted octanol–water partition coefficient (Wildman–Crippen LogP) is 4.21. The van der Waals surface area contributed by atoms with Gasteiger partial charge in [0.25, 0.3) is 11.8 Å². The molecular weight excluding hydrogens is 414 g/mol. The molecule has 0 saturated carbocycles. The third-order valence-electron chi connectivity index (χ3n) is 5.47. The van der Waals surface area contributed by atoms with Crippen LogP contribution < -0.4 is 4.90 Å². The molecule has 2 amide bonds. The number of para-hydroxylation sites is 1. The summed E-state index contributed by atoms with van der Waals surface area (Å²) in [6, 6.07) is 20.8. The summed E-state index contributed by atoms with van der Waals surface area (Å²) in [5.41, 5.74) is 3.13. The van der Waals surface area contributed by atoms with Crippen molar-refractivity contribution in [2.45, 2.75) is 11.4 Å². The molecule has 0 radical (unpaired) electrons. The van der Waals surface area contributed by atoms with Crippen LogP contribution in [0.4, 0.5) is 5.69 Å². The Morgan fingerprint density at radius 3 is 2.80 bits per heavy atom. The van der Waals surface area contributed by atoms with Gasteiger partial charge < -0.3 is 9.80 Å². The molecule has 1 spiro atoms. The van der Waals surface area contributed by atoms with Gasteiger partial charge in [-0.3, -0.25) is 9.59 Å². The van der Waals surface area contributed by atoms with Crippen molar-refractivity contribution in [1.82, 2.24) is 4.90 Å². The lowest BCUT2D eigenvalue weighted by atomic mass is 10.1. The maximum atomic E-state index is 13.9. The first-order valence-electron chi connectivity index (χ1n) is 9.55. The maximum Gasteiger partial charge on any atom is 0.268 e. The highest BCUT2D eigenvalue weighted by atomic mass is 32.2. The second-order valence-electron chi connectivity index (χ2n) is 7.15. The van der Waals surface area contributed by atoms with E-state index in [4.69, 9.17) is 0 Å². The van der Waals surface area contributed by atoms with Gasteiger partial charge in [0.1, 0.15) is 0 Å². The van der Waals surface area contributed by atoms with E-state index in [1.807, 2.05) is 47.8 Å². The molecule has 1 aromatic heterocycles. The first-order valence-corrected chi connectivity index (χ1v) is 11.4. The summed E-state index contributed by atoms with van der Waals surface area (Å²) in [5.74, 6) is 0.500. The molecule has 0 aliphatic carbocycles.